The van der Waals surface area contributed by atoms with Gasteiger partial charge in [0.05, 0.1) is 0 Å². The standard InChI is InChI=1S/C14H15N3O/c1-9-5-12(6-10(2)17-9)13(18)7-11-3-4-16-14(15)8-11/h3-6,8H,7H2,1-2H3,(H2,15,16). The summed E-state index contributed by atoms with van der Waals surface area (Å²) >= 11 is 0. The molecule has 0 saturated carbocycles. The van der Waals surface area contributed by atoms with Gasteiger partial charge >= 0.3 is 0 Å². The zero-order valence-corrected chi connectivity index (χ0v) is 10.5. The second-order valence-corrected chi connectivity index (χ2v) is 4.33. The van der Waals surface area contributed by atoms with Gasteiger partial charge in [-0.1, -0.05) is 0 Å². The van der Waals surface area contributed by atoms with Crippen LogP contribution in [0.25, 0.3) is 0 Å². The number of nitrogens with zero attached hydrogens (tertiary/aromatic N) is 2. The van der Waals surface area contributed by atoms with Crippen LogP contribution in [0.2, 0.25) is 0 Å². The molecule has 0 spiro atoms. The fraction of sp³-hybridized carbons (Fsp3) is 0.214. The Hall–Kier alpha value is -2.23. The predicted octanol–water partition coefficient (Wildman–Crippen LogP) is 2.10. The predicted molar refractivity (Wildman–Crippen MR) is 70.4 cm³/mol. The van der Waals surface area contributed by atoms with Gasteiger partial charge < -0.3 is 5.73 Å². The van der Waals surface area contributed by atoms with Crippen LogP contribution in [0.4, 0.5) is 5.82 Å². The lowest BCUT2D eigenvalue weighted by Crippen LogP contribution is -2.06. The molecule has 0 saturated heterocycles. The first-order chi connectivity index (χ1) is 8.54. The maximum Gasteiger partial charge on any atom is 0.167 e. The Morgan fingerprint density at radius 1 is 1.22 bits per heavy atom. The fourth-order valence-electron chi connectivity index (χ4n) is 1.89. The number of aryl methyl sites for hydroxylation is 2. The first-order valence-corrected chi connectivity index (χ1v) is 5.73. The summed E-state index contributed by atoms with van der Waals surface area (Å²) in [6, 6.07) is 7.13. The molecule has 0 unspecified atom stereocenters. The molecule has 0 amide bonds. The van der Waals surface area contributed by atoms with Crippen molar-refractivity contribution in [3.63, 3.8) is 0 Å². The minimum Gasteiger partial charge on any atom is -0.384 e. The topological polar surface area (TPSA) is 68.9 Å². The van der Waals surface area contributed by atoms with Gasteiger partial charge in [0.2, 0.25) is 0 Å². The molecule has 0 aliphatic rings. The number of hydrogen-bond acceptors (Lipinski definition) is 4. The summed E-state index contributed by atoms with van der Waals surface area (Å²) in [5.74, 6) is 0.497. The fourth-order valence-corrected chi connectivity index (χ4v) is 1.89. The first-order valence-electron chi connectivity index (χ1n) is 5.73. The van der Waals surface area contributed by atoms with Crippen LogP contribution in [0.3, 0.4) is 0 Å². The van der Waals surface area contributed by atoms with E-state index < -0.39 is 0 Å². The van der Waals surface area contributed by atoms with Crippen molar-refractivity contribution in [2.75, 3.05) is 5.73 Å². The first kappa shape index (κ1) is 12.2. The molecule has 0 atom stereocenters. The Labute approximate surface area is 106 Å². The van der Waals surface area contributed by atoms with Crippen LogP contribution in [-0.4, -0.2) is 15.8 Å². The second-order valence-electron chi connectivity index (χ2n) is 4.33. The summed E-state index contributed by atoms with van der Waals surface area (Å²) in [6.45, 7) is 3.77. The van der Waals surface area contributed by atoms with E-state index in [9.17, 15) is 4.79 Å². The third-order valence-electron chi connectivity index (χ3n) is 2.61. The number of hydrogen-bond donors (Lipinski definition) is 1. The number of carbonyl (C=O) groups is 1. The molecule has 0 radical (unpaired) electrons. The van der Waals surface area contributed by atoms with Crippen LogP contribution in [0, 0.1) is 13.8 Å². The molecule has 4 heteroatoms. The summed E-state index contributed by atoms with van der Waals surface area (Å²) in [5, 5.41) is 0. The number of Topliss-reactive ketones (excluding diaryl/α,β-unsaturated/α-hetero) is 1. The van der Waals surface area contributed by atoms with Crippen molar-refractivity contribution in [3.05, 3.63) is 53.0 Å². The Balaban J connectivity index is 2.22. The molecule has 0 aliphatic heterocycles. The highest BCUT2D eigenvalue weighted by Gasteiger charge is 2.09. The Morgan fingerprint density at radius 3 is 2.50 bits per heavy atom. The molecule has 2 rings (SSSR count). The van der Waals surface area contributed by atoms with Crippen molar-refractivity contribution >= 4 is 11.6 Å². The largest absolute Gasteiger partial charge is 0.384 e. The number of pyridine rings is 2. The maximum absolute atomic E-state index is 12.1. The Bertz CT molecular complexity index is 573. The minimum atomic E-state index is 0.0641. The van der Waals surface area contributed by atoms with Crippen molar-refractivity contribution in [1.29, 1.82) is 0 Å². The van der Waals surface area contributed by atoms with Crippen LogP contribution in [0.15, 0.2) is 30.5 Å². The lowest BCUT2D eigenvalue weighted by atomic mass is 10.0. The smallest absolute Gasteiger partial charge is 0.167 e. The molecule has 0 aliphatic carbocycles. The monoisotopic (exact) mass is 241 g/mol. The SMILES string of the molecule is Cc1cc(C(=O)Cc2ccnc(N)c2)cc(C)n1. The highest BCUT2D eigenvalue weighted by atomic mass is 16.1. The van der Waals surface area contributed by atoms with E-state index in [-0.39, 0.29) is 5.78 Å². The molecule has 0 aromatic carbocycles. The quantitative estimate of drug-likeness (QED) is 0.835. The van der Waals surface area contributed by atoms with Crippen molar-refractivity contribution in [2.24, 2.45) is 0 Å². The van der Waals surface area contributed by atoms with Crippen LogP contribution < -0.4 is 5.73 Å². The molecule has 0 fully saturated rings. The van der Waals surface area contributed by atoms with Crippen LogP contribution >= 0.6 is 0 Å². The van der Waals surface area contributed by atoms with E-state index in [2.05, 4.69) is 9.97 Å². The summed E-state index contributed by atoms with van der Waals surface area (Å²) in [5.41, 5.74) is 8.86. The second kappa shape index (κ2) is 4.96. The van der Waals surface area contributed by atoms with Gasteiger partial charge in [-0.25, -0.2) is 4.98 Å². The average Bonchev–Trinajstić information content (AvgIpc) is 2.27. The minimum absolute atomic E-state index is 0.0641. The molecular weight excluding hydrogens is 226 g/mol. The highest BCUT2D eigenvalue weighted by Crippen LogP contribution is 2.11. The van der Waals surface area contributed by atoms with Crippen molar-refractivity contribution in [3.8, 4) is 0 Å². The van der Waals surface area contributed by atoms with Gasteiger partial charge in [0.15, 0.2) is 5.78 Å². The zero-order valence-electron chi connectivity index (χ0n) is 10.5. The number of anilines is 1. The number of nitrogen functional groups attached to an aromatic ring is 1. The van der Waals surface area contributed by atoms with E-state index in [1.165, 1.54) is 0 Å². The van der Waals surface area contributed by atoms with E-state index in [1.807, 2.05) is 13.8 Å². The lowest BCUT2D eigenvalue weighted by Gasteiger charge is -2.04. The molecule has 4 nitrogen and oxygen atoms in total. The van der Waals surface area contributed by atoms with Crippen LogP contribution in [-0.2, 0) is 6.42 Å². The van der Waals surface area contributed by atoms with E-state index >= 15 is 0 Å². The third-order valence-corrected chi connectivity index (χ3v) is 2.61. The van der Waals surface area contributed by atoms with E-state index in [4.69, 9.17) is 5.73 Å². The van der Waals surface area contributed by atoms with Crippen molar-refractivity contribution in [2.45, 2.75) is 20.3 Å². The van der Waals surface area contributed by atoms with E-state index in [0.717, 1.165) is 17.0 Å². The summed E-state index contributed by atoms with van der Waals surface area (Å²) in [4.78, 5) is 20.3. The average molecular weight is 241 g/mol. The van der Waals surface area contributed by atoms with Gasteiger partial charge in [-0.05, 0) is 43.7 Å². The van der Waals surface area contributed by atoms with Crippen molar-refractivity contribution in [1.82, 2.24) is 9.97 Å². The molecule has 18 heavy (non-hydrogen) atoms. The van der Waals surface area contributed by atoms with Crippen molar-refractivity contribution < 1.29 is 4.79 Å². The maximum atomic E-state index is 12.1. The number of nitrogens with two attached hydrogens (primary N) is 1. The number of rotatable bonds is 3. The third kappa shape index (κ3) is 2.91. The molecule has 0 bridgehead atoms. The normalized spacial score (nSPS) is 10.3. The molecular formula is C14H15N3O. The van der Waals surface area contributed by atoms with Gasteiger partial charge in [-0.2, -0.15) is 0 Å². The molecule has 92 valence electrons. The lowest BCUT2D eigenvalue weighted by molar-refractivity contribution is 0.0992. The summed E-state index contributed by atoms with van der Waals surface area (Å²) < 4.78 is 0. The van der Waals surface area contributed by atoms with E-state index in [0.29, 0.717) is 17.8 Å². The molecule has 2 heterocycles. The van der Waals surface area contributed by atoms with Gasteiger partial charge in [-0.3, -0.25) is 9.78 Å². The van der Waals surface area contributed by atoms with Gasteiger partial charge in [0, 0.05) is 29.6 Å². The Kier molecular flexibility index (Phi) is 3.37. The van der Waals surface area contributed by atoms with Crippen LogP contribution in [0.1, 0.15) is 27.3 Å². The van der Waals surface area contributed by atoms with E-state index in [1.54, 1.807) is 30.5 Å². The summed E-state index contributed by atoms with van der Waals surface area (Å²) in [7, 11) is 0. The highest BCUT2D eigenvalue weighted by molar-refractivity contribution is 5.97. The van der Waals surface area contributed by atoms with Gasteiger partial charge in [0.25, 0.3) is 0 Å². The number of aromatic nitrogens is 2. The number of carbonyl (C=O) groups excluding carboxylic acids is 1. The molecule has 2 aromatic heterocycles. The van der Waals surface area contributed by atoms with Crippen LogP contribution in [0.5, 0.6) is 0 Å². The molecule has 2 N–H and O–H groups in total. The summed E-state index contributed by atoms with van der Waals surface area (Å²) in [6.07, 6.45) is 1.94. The number of ketones is 1. The Morgan fingerprint density at radius 2 is 1.89 bits per heavy atom. The van der Waals surface area contributed by atoms with Gasteiger partial charge in [0.1, 0.15) is 5.82 Å². The molecule has 2 aromatic rings. The zero-order chi connectivity index (χ0) is 13.1. The van der Waals surface area contributed by atoms with Gasteiger partial charge in [-0.15, -0.1) is 0 Å².